The largest absolute Gasteiger partial charge is 0.302 e. The number of likely N-dealkylation sites (tertiary alicyclic amines) is 1. The molecular weight excluding hydrogens is 378 g/mol. The summed E-state index contributed by atoms with van der Waals surface area (Å²) in [4.78, 5) is 20.5. The van der Waals surface area contributed by atoms with Crippen LogP contribution in [0.25, 0.3) is 32.7 Å². The van der Waals surface area contributed by atoms with E-state index in [1.165, 1.54) is 29.7 Å². The third kappa shape index (κ3) is 3.63. The second-order valence-electron chi connectivity index (χ2n) is 7.52. The highest BCUT2D eigenvalue weighted by molar-refractivity contribution is 7.17. The van der Waals surface area contributed by atoms with E-state index in [1.807, 2.05) is 34.2 Å². The summed E-state index contributed by atoms with van der Waals surface area (Å²) in [6.45, 7) is 3.83. The minimum Gasteiger partial charge on any atom is -0.302 e. The standard InChI is InChI=1S/C24H23N3OS/c28-24-22-21(12-17-29-22)25-23(27(24)16-15-26-13-4-5-14-26)20-10-8-19(9-11-20)18-6-2-1-3-7-18/h1-3,6-12,17H,4-5,13-16H2. The molecular formula is C24H23N3OS. The molecule has 2 aromatic carbocycles. The first kappa shape index (κ1) is 18.3. The number of hydrogen-bond donors (Lipinski definition) is 0. The smallest absolute Gasteiger partial charge is 0.271 e. The van der Waals surface area contributed by atoms with Gasteiger partial charge in [0.15, 0.2) is 0 Å². The van der Waals surface area contributed by atoms with Gasteiger partial charge in [0.2, 0.25) is 0 Å². The van der Waals surface area contributed by atoms with Crippen LogP contribution in [0.2, 0.25) is 0 Å². The fraction of sp³-hybridized carbons (Fsp3) is 0.250. The molecule has 29 heavy (non-hydrogen) atoms. The summed E-state index contributed by atoms with van der Waals surface area (Å²) < 4.78 is 2.62. The van der Waals surface area contributed by atoms with Crippen LogP contribution in [-0.2, 0) is 6.54 Å². The van der Waals surface area contributed by atoms with Crippen molar-refractivity contribution in [1.82, 2.24) is 14.5 Å². The molecule has 4 aromatic rings. The van der Waals surface area contributed by atoms with Gasteiger partial charge in [-0.15, -0.1) is 11.3 Å². The number of nitrogens with zero attached hydrogens (tertiary/aromatic N) is 3. The molecule has 0 atom stereocenters. The van der Waals surface area contributed by atoms with Crippen LogP contribution < -0.4 is 5.56 Å². The Kier molecular flexibility index (Phi) is 5.00. The van der Waals surface area contributed by atoms with E-state index in [9.17, 15) is 4.79 Å². The van der Waals surface area contributed by atoms with Crippen molar-refractivity contribution in [2.24, 2.45) is 0 Å². The fourth-order valence-corrected chi connectivity index (χ4v) is 4.84. The Morgan fingerprint density at radius 3 is 2.28 bits per heavy atom. The van der Waals surface area contributed by atoms with Gasteiger partial charge < -0.3 is 4.90 Å². The molecule has 3 heterocycles. The highest BCUT2D eigenvalue weighted by Crippen LogP contribution is 2.25. The first-order valence-electron chi connectivity index (χ1n) is 10.2. The summed E-state index contributed by atoms with van der Waals surface area (Å²) in [6.07, 6.45) is 2.51. The zero-order valence-electron chi connectivity index (χ0n) is 16.3. The average Bonchev–Trinajstić information content (AvgIpc) is 3.46. The van der Waals surface area contributed by atoms with Crippen LogP contribution in [0.5, 0.6) is 0 Å². The summed E-state index contributed by atoms with van der Waals surface area (Å²) in [5.74, 6) is 0.764. The second-order valence-corrected chi connectivity index (χ2v) is 8.44. The van der Waals surface area contributed by atoms with E-state index in [0.717, 1.165) is 46.8 Å². The monoisotopic (exact) mass is 401 g/mol. The van der Waals surface area contributed by atoms with Gasteiger partial charge >= 0.3 is 0 Å². The minimum atomic E-state index is 0.0753. The maximum atomic E-state index is 13.2. The molecule has 2 aromatic heterocycles. The summed E-state index contributed by atoms with van der Waals surface area (Å²) >= 11 is 1.48. The SMILES string of the molecule is O=c1c2sccc2nc(-c2ccc(-c3ccccc3)cc2)n1CCN1CCCC1. The summed E-state index contributed by atoms with van der Waals surface area (Å²) in [5, 5.41) is 1.95. The maximum Gasteiger partial charge on any atom is 0.271 e. The molecule has 1 aliphatic heterocycles. The van der Waals surface area contributed by atoms with E-state index in [-0.39, 0.29) is 5.56 Å². The minimum absolute atomic E-state index is 0.0753. The molecule has 1 fully saturated rings. The summed E-state index contributed by atoms with van der Waals surface area (Å²) in [5.41, 5.74) is 4.20. The van der Waals surface area contributed by atoms with Crippen LogP contribution in [0.1, 0.15) is 12.8 Å². The Morgan fingerprint density at radius 2 is 1.52 bits per heavy atom. The van der Waals surface area contributed by atoms with Gasteiger partial charge in [-0.25, -0.2) is 4.98 Å². The highest BCUT2D eigenvalue weighted by Gasteiger charge is 2.16. The van der Waals surface area contributed by atoms with Crippen molar-refractivity contribution in [3.63, 3.8) is 0 Å². The number of rotatable bonds is 5. The molecule has 0 unspecified atom stereocenters. The molecule has 0 amide bonds. The fourth-order valence-electron chi connectivity index (χ4n) is 4.06. The zero-order valence-corrected chi connectivity index (χ0v) is 17.1. The molecule has 0 radical (unpaired) electrons. The van der Waals surface area contributed by atoms with Gasteiger partial charge in [-0.2, -0.15) is 0 Å². The second kappa shape index (κ2) is 7.93. The molecule has 5 rings (SSSR count). The topological polar surface area (TPSA) is 38.1 Å². The van der Waals surface area contributed by atoms with Gasteiger partial charge in [0.25, 0.3) is 5.56 Å². The molecule has 4 nitrogen and oxygen atoms in total. The molecule has 0 bridgehead atoms. The average molecular weight is 402 g/mol. The molecule has 0 N–H and O–H groups in total. The Morgan fingerprint density at radius 1 is 0.828 bits per heavy atom. The molecule has 0 spiro atoms. The predicted molar refractivity (Wildman–Crippen MR) is 120 cm³/mol. The van der Waals surface area contributed by atoms with Crippen molar-refractivity contribution in [2.45, 2.75) is 19.4 Å². The molecule has 5 heteroatoms. The number of aromatic nitrogens is 2. The Hall–Kier alpha value is -2.76. The van der Waals surface area contributed by atoms with Crippen molar-refractivity contribution in [1.29, 1.82) is 0 Å². The third-order valence-corrected chi connectivity index (χ3v) is 6.55. The summed E-state index contributed by atoms with van der Waals surface area (Å²) in [7, 11) is 0. The van der Waals surface area contributed by atoms with Crippen LogP contribution in [0.4, 0.5) is 0 Å². The molecule has 1 saturated heterocycles. The van der Waals surface area contributed by atoms with E-state index in [1.54, 1.807) is 0 Å². The van der Waals surface area contributed by atoms with Crippen molar-refractivity contribution in [3.8, 4) is 22.5 Å². The molecule has 146 valence electrons. The van der Waals surface area contributed by atoms with Crippen molar-refractivity contribution >= 4 is 21.6 Å². The number of fused-ring (bicyclic) bond motifs is 1. The third-order valence-electron chi connectivity index (χ3n) is 5.65. The van der Waals surface area contributed by atoms with Gasteiger partial charge in [-0.1, -0.05) is 54.6 Å². The molecule has 0 saturated carbocycles. The Labute approximate surface area is 174 Å². The highest BCUT2D eigenvalue weighted by atomic mass is 32.1. The van der Waals surface area contributed by atoms with Crippen molar-refractivity contribution < 1.29 is 0 Å². The van der Waals surface area contributed by atoms with Crippen LogP contribution >= 0.6 is 11.3 Å². The lowest BCUT2D eigenvalue weighted by molar-refractivity contribution is 0.321. The lowest BCUT2D eigenvalue weighted by atomic mass is 10.0. The maximum absolute atomic E-state index is 13.2. The van der Waals surface area contributed by atoms with E-state index in [0.29, 0.717) is 6.54 Å². The van der Waals surface area contributed by atoms with Crippen LogP contribution in [0.3, 0.4) is 0 Å². The van der Waals surface area contributed by atoms with Crippen LogP contribution in [0, 0.1) is 0 Å². The van der Waals surface area contributed by atoms with Crippen molar-refractivity contribution in [2.75, 3.05) is 19.6 Å². The number of thiophene rings is 1. The predicted octanol–water partition coefficient (Wildman–Crippen LogP) is 4.89. The molecule has 0 aliphatic carbocycles. The molecule has 1 aliphatic rings. The number of benzene rings is 2. The summed E-state index contributed by atoms with van der Waals surface area (Å²) in [6, 6.07) is 20.6. The van der Waals surface area contributed by atoms with Crippen LogP contribution in [-0.4, -0.2) is 34.1 Å². The van der Waals surface area contributed by atoms with Gasteiger partial charge in [-0.3, -0.25) is 9.36 Å². The number of hydrogen-bond acceptors (Lipinski definition) is 4. The Bertz CT molecular complexity index is 1170. The van der Waals surface area contributed by atoms with E-state index >= 15 is 0 Å². The van der Waals surface area contributed by atoms with Gasteiger partial charge in [-0.05, 0) is 48.5 Å². The first-order valence-corrected chi connectivity index (χ1v) is 11.0. The van der Waals surface area contributed by atoms with Gasteiger partial charge in [0.1, 0.15) is 10.5 Å². The first-order chi connectivity index (χ1) is 14.3. The van der Waals surface area contributed by atoms with Crippen LogP contribution in [0.15, 0.2) is 70.8 Å². The van der Waals surface area contributed by atoms with Gasteiger partial charge in [0.05, 0.1) is 5.52 Å². The van der Waals surface area contributed by atoms with E-state index < -0.39 is 0 Å². The quantitative estimate of drug-likeness (QED) is 0.478. The van der Waals surface area contributed by atoms with Gasteiger partial charge in [0, 0.05) is 18.7 Å². The lowest BCUT2D eigenvalue weighted by Gasteiger charge is -2.18. The lowest BCUT2D eigenvalue weighted by Crippen LogP contribution is -2.30. The normalized spacial score (nSPS) is 14.6. The van der Waals surface area contributed by atoms with E-state index in [4.69, 9.17) is 4.98 Å². The Balaban J connectivity index is 1.54. The van der Waals surface area contributed by atoms with Crippen molar-refractivity contribution in [3.05, 3.63) is 76.4 Å². The zero-order chi connectivity index (χ0) is 19.6. The van der Waals surface area contributed by atoms with E-state index in [2.05, 4.69) is 41.3 Å².